The van der Waals surface area contributed by atoms with Crippen LogP contribution in [0.4, 0.5) is 0 Å². The normalized spacial score (nSPS) is 16.9. The van der Waals surface area contributed by atoms with E-state index in [0.29, 0.717) is 19.4 Å². The number of hydrogen-bond donors (Lipinski definition) is 3. The number of amides is 1. The molecule has 3 aromatic carbocycles. The number of carbonyl (C=O) groups is 2. The van der Waals surface area contributed by atoms with Gasteiger partial charge in [0.15, 0.2) is 6.29 Å². The molecular formula is C49H72N2O6. The van der Waals surface area contributed by atoms with E-state index in [4.69, 9.17) is 14.6 Å². The summed E-state index contributed by atoms with van der Waals surface area (Å²) in [7, 11) is 0. The predicted molar refractivity (Wildman–Crippen MR) is 231 cm³/mol. The summed E-state index contributed by atoms with van der Waals surface area (Å²) in [6.45, 7) is 8.10. The van der Waals surface area contributed by atoms with E-state index in [0.717, 1.165) is 78.7 Å². The number of carboxylic acid groups (broad SMARTS) is 1. The summed E-state index contributed by atoms with van der Waals surface area (Å²) in [6, 6.07) is 24.9. The SMILES string of the molecule is CCCCCCCCN(CCCCCCCC)CC1CC(c2ccc(CO)cc2)OC(c2cccc(-c3cccc(CNC(=O)CCCCCCC(=O)O)c3)c2)O1. The molecule has 1 aliphatic rings. The van der Waals surface area contributed by atoms with Crippen molar-refractivity contribution in [2.75, 3.05) is 19.6 Å². The predicted octanol–water partition coefficient (Wildman–Crippen LogP) is 11.5. The molecule has 3 N–H and O–H groups in total. The summed E-state index contributed by atoms with van der Waals surface area (Å²) in [6.07, 6.45) is 19.3. The van der Waals surface area contributed by atoms with Crippen molar-refractivity contribution < 1.29 is 29.3 Å². The van der Waals surface area contributed by atoms with Crippen molar-refractivity contribution in [1.29, 1.82) is 0 Å². The number of ether oxygens (including phenoxy) is 2. The van der Waals surface area contributed by atoms with Gasteiger partial charge < -0.3 is 29.9 Å². The van der Waals surface area contributed by atoms with Crippen LogP contribution in [0.25, 0.3) is 11.1 Å². The lowest BCUT2D eigenvalue weighted by Crippen LogP contribution is -2.40. The molecule has 0 bridgehead atoms. The Morgan fingerprint density at radius 1 is 0.667 bits per heavy atom. The Labute approximate surface area is 343 Å². The molecule has 1 heterocycles. The summed E-state index contributed by atoms with van der Waals surface area (Å²) >= 11 is 0. The van der Waals surface area contributed by atoms with Gasteiger partial charge in [-0.15, -0.1) is 0 Å². The van der Waals surface area contributed by atoms with Gasteiger partial charge in [-0.1, -0.05) is 152 Å². The molecule has 3 atom stereocenters. The van der Waals surface area contributed by atoms with Crippen LogP contribution in [0.5, 0.6) is 0 Å². The number of rotatable bonds is 29. The van der Waals surface area contributed by atoms with E-state index in [1.54, 1.807) is 0 Å². The number of nitrogens with one attached hydrogen (secondary N) is 1. The highest BCUT2D eigenvalue weighted by molar-refractivity contribution is 5.76. The summed E-state index contributed by atoms with van der Waals surface area (Å²) in [5.74, 6) is -0.754. The first-order chi connectivity index (χ1) is 27.9. The molecule has 1 aliphatic heterocycles. The number of aliphatic hydroxyl groups is 1. The van der Waals surface area contributed by atoms with Gasteiger partial charge in [0.25, 0.3) is 0 Å². The number of carbonyl (C=O) groups excluding carboxylic acids is 1. The molecule has 0 radical (unpaired) electrons. The molecule has 8 heteroatoms. The highest BCUT2D eigenvalue weighted by Crippen LogP contribution is 2.39. The molecule has 0 aromatic heterocycles. The van der Waals surface area contributed by atoms with Gasteiger partial charge in [-0.3, -0.25) is 9.59 Å². The van der Waals surface area contributed by atoms with Crippen molar-refractivity contribution in [3.63, 3.8) is 0 Å². The van der Waals surface area contributed by atoms with E-state index in [1.807, 2.05) is 24.3 Å². The number of carboxylic acids is 1. The average Bonchev–Trinajstić information content (AvgIpc) is 3.23. The van der Waals surface area contributed by atoms with Crippen LogP contribution in [0, 0.1) is 0 Å². The number of aliphatic hydroxyl groups excluding tert-OH is 1. The van der Waals surface area contributed by atoms with E-state index in [9.17, 15) is 14.7 Å². The van der Waals surface area contributed by atoms with Crippen molar-refractivity contribution in [1.82, 2.24) is 10.2 Å². The van der Waals surface area contributed by atoms with Crippen molar-refractivity contribution in [2.24, 2.45) is 0 Å². The molecule has 3 unspecified atom stereocenters. The van der Waals surface area contributed by atoms with Crippen molar-refractivity contribution in [3.8, 4) is 11.1 Å². The Kier molecular flexibility index (Phi) is 22.0. The standard InChI is InChI=1S/C49H72N2O6/c1-3-5-7-9-13-17-31-51(32-18-14-10-8-6-4-2)37-45-35-46(41-29-27-39(38-52)28-30-41)57-49(56-45)44-24-20-23-43(34-44)42-22-19-21-40(33-42)36-50-47(53)25-15-11-12-16-26-48(54)55/h19-24,27-30,33-34,45-46,49,52H,3-18,25-26,31-32,35-38H2,1-2H3,(H,50,53)(H,54,55). The van der Waals surface area contributed by atoms with Crippen LogP contribution < -0.4 is 5.32 Å². The summed E-state index contributed by atoms with van der Waals surface area (Å²) < 4.78 is 13.7. The van der Waals surface area contributed by atoms with Crippen LogP contribution in [0.15, 0.2) is 72.8 Å². The third-order valence-corrected chi connectivity index (χ3v) is 11.2. The fourth-order valence-corrected chi connectivity index (χ4v) is 7.78. The summed E-state index contributed by atoms with van der Waals surface area (Å²) in [4.78, 5) is 25.9. The van der Waals surface area contributed by atoms with Gasteiger partial charge in [-0.2, -0.15) is 0 Å². The summed E-state index contributed by atoms with van der Waals surface area (Å²) in [5, 5.41) is 21.6. The Balaban J connectivity index is 1.44. The lowest BCUT2D eigenvalue weighted by molar-refractivity contribution is -0.253. The van der Waals surface area contributed by atoms with Crippen LogP contribution >= 0.6 is 0 Å². The minimum absolute atomic E-state index is 0.00629. The largest absolute Gasteiger partial charge is 0.481 e. The van der Waals surface area contributed by atoms with Crippen molar-refractivity contribution >= 4 is 11.9 Å². The van der Waals surface area contributed by atoms with Crippen LogP contribution in [-0.2, 0) is 32.2 Å². The van der Waals surface area contributed by atoms with Crippen LogP contribution in [0.2, 0.25) is 0 Å². The number of benzene rings is 3. The Bertz CT molecular complexity index is 1550. The third-order valence-electron chi connectivity index (χ3n) is 11.2. The number of unbranched alkanes of at least 4 members (excludes halogenated alkanes) is 13. The fourth-order valence-electron chi connectivity index (χ4n) is 7.78. The third kappa shape index (κ3) is 17.9. The zero-order valence-electron chi connectivity index (χ0n) is 35.1. The number of hydrogen-bond acceptors (Lipinski definition) is 6. The van der Waals surface area contributed by atoms with Crippen molar-refractivity contribution in [2.45, 2.75) is 167 Å². The zero-order valence-corrected chi connectivity index (χ0v) is 35.1. The maximum absolute atomic E-state index is 12.5. The second-order valence-corrected chi connectivity index (χ2v) is 16.1. The van der Waals surface area contributed by atoms with Gasteiger partial charge in [0, 0.05) is 37.9 Å². The van der Waals surface area contributed by atoms with Crippen LogP contribution in [0.3, 0.4) is 0 Å². The van der Waals surface area contributed by atoms with Gasteiger partial charge in [0.2, 0.25) is 5.91 Å². The summed E-state index contributed by atoms with van der Waals surface area (Å²) in [5.41, 5.74) is 6.13. The fraction of sp³-hybridized carbons (Fsp3) is 0.592. The Morgan fingerprint density at radius 3 is 1.91 bits per heavy atom. The molecule has 0 spiro atoms. The first-order valence-electron chi connectivity index (χ1n) is 22.3. The maximum Gasteiger partial charge on any atom is 0.303 e. The highest BCUT2D eigenvalue weighted by Gasteiger charge is 2.33. The second-order valence-electron chi connectivity index (χ2n) is 16.1. The molecule has 8 nitrogen and oxygen atoms in total. The van der Waals surface area contributed by atoms with Gasteiger partial charge in [-0.05, 0) is 78.7 Å². The van der Waals surface area contributed by atoms with Gasteiger partial charge in [-0.25, -0.2) is 0 Å². The van der Waals surface area contributed by atoms with E-state index < -0.39 is 12.3 Å². The second kappa shape index (κ2) is 27.2. The van der Waals surface area contributed by atoms with E-state index in [2.05, 4.69) is 72.6 Å². The molecule has 3 aromatic rings. The lowest BCUT2D eigenvalue weighted by atomic mass is 9.98. The number of aliphatic carboxylic acids is 1. The Hall–Kier alpha value is -3.56. The quantitative estimate of drug-likeness (QED) is 0.0602. The minimum Gasteiger partial charge on any atom is -0.481 e. The molecule has 4 rings (SSSR count). The van der Waals surface area contributed by atoms with Gasteiger partial charge in [0.1, 0.15) is 0 Å². The molecule has 1 amide bonds. The molecule has 1 saturated heterocycles. The highest BCUT2D eigenvalue weighted by atomic mass is 16.7. The van der Waals surface area contributed by atoms with Gasteiger partial charge in [0.05, 0.1) is 18.8 Å². The van der Waals surface area contributed by atoms with Crippen LogP contribution in [-0.4, -0.2) is 52.7 Å². The van der Waals surface area contributed by atoms with E-state index >= 15 is 0 Å². The lowest BCUT2D eigenvalue weighted by Gasteiger charge is -2.38. The first-order valence-corrected chi connectivity index (χ1v) is 22.3. The van der Waals surface area contributed by atoms with E-state index in [1.165, 1.54) is 77.0 Å². The molecule has 0 saturated carbocycles. The monoisotopic (exact) mass is 785 g/mol. The first kappa shape index (κ1) is 46.1. The molecule has 314 valence electrons. The molecule has 1 fully saturated rings. The van der Waals surface area contributed by atoms with Crippen molar-refractivity contribution in [3.05, 3.63) is 95.1 Å². The zero-order chi connectivity index (χ0) is 40.5. The topological polar surface area (TPSA) is 108 Å². The molecular weight excluding hydrogens is 713 g/mol. The average molecular weight is 785 g/mol. The molecule has 57 heavy (non-hydrogen) atoms. The van der Waals surface area contributed by atoms with E-state index in [-0.39, 0.29) is 31.1 Å². The number of nitrogens with zero attached hydrogens (tertiary/aromatic N) is 1. The minimum atomic E-state index is -0.768. The maximum atomic E-state index is 12.5. The van der Waals surface area contributed by atoms with Crippen LogP contribution in [0.1, 0.15) is 170 Å². The molecule has 0 aliphatic carbocycles. The Morgan fingerprint density at radius 2 is 1.26 bits per heavy atom. The smallest absolute Gasteiger partial charge is 0.303 e. The van der Waals surface area contributed by atoms with Gasteiger partial charge >= 0.3 is 5.97 Å².